The second-order valence-corrected chi connectivity index (χ2v) is 5.64. The first-order chi connectivity index (χ1) is 10.6. The number of rotatable bonds is 5. The summed E-state index contributed by atoms with van der Waals surface area (Å²) in [6, 6.07) is 5.73. The van der Waals surface area contributed by atoms with E-state index < -0.39 is 5.82 Å². The van der Waals surface area contributed by atoms with Gasteiger partial charge in [0, 0.05) is 38.2 Å². The number of piperazine rings is 1. The smallest absolute Gasteiger partial charge is 0.254 e. The minimum Gasteiger partial charge on any atom is -0.339 e. The molecule has 120 valence electrons. The minimum atomic E-state index is -0.407. The molecule has 1 saturated heterocycles. The van der Waals surface area contributed by atoms with Gasteiger partial charge in [0.25, 0.3) is 5.91 Å². The molecule has 5 heteroatoms. The lowest BCUT2D eigenvalue weighted by atomic mass is 10.1. The van der Waals surface area contributed by atoms with E-state index in [1.807, 2.05) is 4.90 Å². The lowest BCUT2D eigenvalue weighted by Gasteiger charge is -2.35. The van der Waals surface area contributed by atoms with Gasteiger partial charge in [0.05, 0.1) is 0 Å². The van der Waals surface area contributed by atoms with Crippen molar-refractivity contribution in [2.24, 2.45) is 0 Å². The molecule has 1 fully saturated rings. The molecule has 4 nitrogen and oxygen atoms in total. The van der Waals surface area contributed by atoms with Crippen LogP contribution in [0.15, 0.2) is 24.3 Å². The number of carbonyl (C=O) groups excluding carboxylic acids is 2. The Morgan fingerprint density at radius 3 is 2.41 bits per heavy atom. The van der Waals surface area contributed by atoms with Crippen molar-refractivity contribution in [1.29, 1.82) is 0 Å². The Hall–Kier alpha value is -1.91. The molecule has 0 spiro atoms. The van der Waals surface area contributed by atoms with Crippen LogP contribution < -0.4 is 0 Å². The van der Waals surface area contributed by atoms with Crippen molar-refractivity contribution in [2.75, 3.05) is 26.2 Å². The van der Waals surface area contributed by atoms with Crippen LogP contribution >= 0.6 is 0 Å². The van der Waals surface area contributed by atoms with Crippen molar-refractivity contribution in [3.8, 4) is 0 Å². The topological polar surface area (TPSA) is 40.6 Å². The van der Waals surface area contributed by atoms with Gasteiger partial charge in [0.1, 0.15) is 5.82 Å². The van der Waals surface area contributed by atoms with Crippen LogP contribution in [0.5, 0.6) is 0 Å². The highest BCUT2D eigenvalue weighted by molar-refractivity contribution is 5.94. The van der Waals surface area contributed by atoms with Gasteiger partial charge in [-0.3, -0.25) is 9.59 Å². The van der Waals surface area contributed by atoms with Gasteiger partial charge in [-0.15, -0.1) is 0 Å². The van der Waals surface area contributed by atoms with Crippen LogP contribution in [0.2, 0.25) is 0 Å². The number of nitrogens with zero attached hydrogens (tertiary/aromatic N) is 2. The predicted molar refractivity (Wildman–Crippen MR) is 83.0 cm³/mol. The quantitative estimate of drug-likeness (QED) is 0.785. The molecule has 22 heavy (non-hydrogen) atoms. The molecule has 0 bridgehead atoms. The molecule has 0 aromatic heterocycles. The van der Waals surface area contributed by atoms with Crippen LogP contribution in [-0.2, 0) is 4.79 Å². The Balaban J connectivity index is 1.84. The molecular weight excluding hydrogens is 283 g/mol. The van der Waals surface area contributed by atoms with E-state index in [2.05, 4.69) is 6.92 Å². The average molecular weight is 306 g/mol. The van der Waals surface area contributed by atoms with Gasteiger partial charge < -0.3 is 9.80 Å². The van der Waals surface area contributed by atoms with Crippen molar-refractivity contribution in [3.63, 3.8) is 0 Å². The summed E-state index contributed by atoms with van der Waals surface area (Å²) in [6.07, 6.45) is 3.69. The molecule has 0 unspecified atom stereocenters. The molecule has 1 aromatic rings. The summed E-state index contributed by atoms with van der Waals surface area (Å²) in [6.45, 7) is 4.25. The number of hydrogen-bond acceptors (Lipinski definition) is 2. The van der Waals surface area contributed by atoms with Crippen LogP contribution in [0.4, 0.5) is 4.39 Å². The summed E-state index contributed by atoms with van der Waals surface area (Å²) in [7, 11) is 0. The van der Waals surface area contributed by atoms with Crippen molar-refractivity contribution >= 4 is 11.8 Å². The summed E-state index contributed by atoms with van der Waals surface area (Å²) >= 11 is 0. The predicted octanol–water partition coefficient (Wildman–Crippen LogP) is 2.69. The lowest BCUT2D eigenvalue weighted by molar-refractivity contribution is -0.132. The second kappa shape index (κ2) is 7.92. The second-order valence-electron chi connectivity index (χ2n) is 5.64. The van der Waals surface area contributed by atoms with Crippen molar-refractivity contribution in [3.05, 3.63) is 35.6 Å². The molecule has 0 saturated carbocycles. The largest absolute Gasteiger partial charge is 0.339 e. The van der Waals surface area contributed by atoms with Gasteiger partial charge in [0.15, 0.2) is 0 Å². The van der Waals surface area contributed by atoms with Crippen LogP contribution in [0.1, 0.15) is 43.0 Å². The third-order valence-electron chi connectivity index (χ3n) is 3.99. The Morgan fingerprint density at radius 1 is 1.09 bits per heavy atom. The molecule has 2 rings (SSSR count). The van der Waals surface area contributed by atoms with Crippen molar-refractivity contribution < 1.29 is 14.0 Å². The highest BCUT2D eigenvalue weighted by Crippen LogP contribution is 2.12. The number of carbonyl (C=O) groups is 2. The van der Waals surface area contributed by atoms with Crippen molar-refractivity contribution in [1.82, 2.24) is 9.80 Å². The highest BCUT2D eigenvalue weighted by atomic mass is 19.1. The van der Waals surface area contributed by atoms with Crippen LogP contribution in [0.3, 0.4) is 0 Å². The fourth-order valence-corrected chi connectivity index (χ4v) is 2.65. The molecule has 0 N–H and O–H groups in total. The van der Waals surface area contributed by atoms with E-state index in [9.17, 15) is 14.0 Å². The van der Waals surface area contributed by atoms with E-state index >= 15 is 0 Å². The Labute approximate surface area is 130 Å². The van der Waals surface area contributed by atoms with Crippen LogP contribution in [-0.4, -0.2) is 47.8 Å². The van der Waals surface area contributed by atoms with Gasteiger partial charge in [-0.2, -0.15) is 0 Å². The van der Waals surface area contributed by atoms with Crippen molar-refractivity contribution in [2.45, 2.75) is 32.6 Å². The zero-order valence-corrected chi connectivity index (χ0v) is 13.1. The van der Waals surface area contributed by atoms with Gasteiger partial charge in [-0.25, -0.2) is 4.39 Å². The van der Waals surface area contributed by atoms with Gasteiger partial charge >= 0.3 is 0 Å². The Morgan fingerprint density at radius 2 is 1.77 bits per heavy atom. The Bertz CT molecular complexity index is 525. The third kappa shape index (κ3) is 4.29. The molecule has 1 aliphatic heterocycles. The summed E-state index contributed by atoms with van der Waals surface area (Å²) in [5.41, 5.74) is 0.364. The average Bonchev–Trinajstić information content (AvgIpc) is 2.54. The van der Waals surface area contributed by atoms with E-state index in [-0.39, 0.29) is 11.8 Å². The summed E-state index contributed by atoms with van der Waals surface area (Å²) in [5.74, 6) is -0.403. The van der Waals surface area contributed by atoms with E-state index in [1.54, 1.807) is 11.0 Å². The molecule has 0 aliphatic carbocycles. The maximum absolute atomic E-state index is 13.2. The molecule has 1 aliphatic rings. The first-order valence-electron chi connectivity index (χ1n) is 7.94. The van der Waals surface area contributed by atoms with E-state index in [1.165, 1.54) is 18.2 Å². The molecule has 2 amide bonds. The van der Waals surface area contributed by atoms with E-state index in [0.29, 0.717) is 38.2 Å². The van der Waals surface area contributed by atoms with Crippen LogP contribution in [0.25, 0.3) is 0 Å². The SMILES string of the molecule is CCCCCC(=O)N1CCN(C(=O)c2cccc(F)c2)CC1. The van der Waals surface area contributed by atoms with E-state index in [0.717, 1.165) is 19.3 Å². The lowest BCUT2D eigenvalue weighted by Crippen LogP contribution is -2.50. The standard InChI is InChI=1S/C17H23FN2O2/c1-2-3-4-8-16(21)19-9-11-20(12-10-19)17(22)14-6-5-7-15(18)13-14/h5-7,13H,2-4,8-12H2,1H3. The minimum absolute atomic E-state index is 0.169. The van der Waals surface area contributed by atoms with Gasteiger partial charge in [-0.1, -0.05) is 25.8 Å². The third-order valence-corrected chi connectivity index (χ3v) is 3.99. The number of hydrogen-bond donors (Lipinski definition) is 0. The summed E-state index contributed by atoms with van der Waals surface area (Å²) in [5, 5.41) is 0. The molecular formula is C17H23FN2O2. The van der Waals surface area contributed by atoms with Crippen LogP contribution in [0, 0.1) is 5.82 Å². The van der Waals surface area contributed by atoms with E-state index in [4.69, 9.17) is 0 Å². The zero-order valence-electron chi connectivity index (χ0n) is 13.1. The normalized spacial score (nSPS) is 15.0. The number of benzene rings is 1. The first kappa shape index (κ1) is 16.5. The number of halogens is 1. The Kier molecular flexibility index (Phi) is 5.92. The first-order valence-corrected chi connectivity index (χ1v) is 7.94. The fraction of sp³-hybridized carbons (Fsp3) is 0.529. The maximum atomic E-state index is 13.2. The summed E-state index contributed by atoms with van der Waals surface area (Å²) in [4.78, 5) is 27.8. The fourth-order valence-electron chi connectivity index (χ4n) is 2.65. The molecule has 0 atom stereocenters. The zero-order chi connectivity index (χ0) is 15.9. The molecule has 1 aromatic carbocycles. The molecule has 0 radical (unpaired) electrons. The van der Waals surface area contributed by atoms with Gasteiger partial charge in [-0.05, 0) is 24.6 Å². The molecule has 1 heterocycles. The maximum Gasteiger partial charge on any atom is 0.254 e. The monoisotopic (exact) mass is 306 g/mol. The number of unbranched alkanes of at least 4 members (excludes halogenated alkanes) is 2. The number of amides is 2. The summed E-state index contributed by atoms with van der Waals surface area (Å²) < 4.78 is 13.2. The van der Waals surface area contributed by atoms with Gasteiger partial charge in [0.2, 0.25) is 5.91 Å². The highest BCUT2D eigenvalue weighted by Gasteiger charge is 2.24.